The predicted octanol–water partition coefficient (Wildman–Crippen LogP) is 4.03. The van der Waals surface area contributed by atoms with Gasteiger partial charge in [0.1, 0.15) is 6.04 Å². The van der Waals surface area contributed by atoms with Crippen molar-refractivity contribution in [2.24, 2.45) is 0 Å². The fraction of sp³-hybridized carbons (Fsp3) is 0.250. The highest BCUT2D eigenvalue weighted by atomic mass is 79.9. The minimum Gasteiger partial charge on any atom is -0.468 e. The van der Waals surface area contributed by atoms with Crippen LogP contribution >= 0.6 is 15.9 Å². The molecule has 0 amide bonds. The molecule has 128 valence electrons. The molecule has 2 heterocycles. The number of nitrogens with zero attached hydrogens (tertiary/aromatic N) is 1. The van der Waals surface area contributed by atoms with Crippen molar-refractivity contribution in [3.63, 3.8) is 0 Å². The van der Waals surface area contributed by atoms with E-state index in [-0.39, 0.29) is 12.0 Å². The molecule has 2 aromatic carbocycles. The molecule has 0 saturated carbocycles. The molecule has 25 heavy (non-hydrogen) atoms. The highest BCUT2D eigenvalue weighted by Crippen LogP contribution is 2.29. The molecule has 1 aromatic heterocycles. The maximum Gasteiger partial charge on any atom is 0.323 e. The number of H-pyrrole nitrogens is 1. The maximum absolute atomic E-state index is 12.4. The molecule has 0 fully saturated rings. The van der Waals surface area contributed by atoms with Crippen LogP contribution in [0.25, 0.3) is 10.9 Å². The minimum absolute atomic E-state index is 0.174. The summed E-state index contributed by atoms with van der Waals surface area (Å²) in [5.74, 6) is -0.174. The predicted molar refractivity (Wildman–Crippen MR) is 101 cm³/mol. The van der Waals surface area contributed by atoms with E-state index in [1.54, 1.807) is 0 Å². The van der Waals surface area contributed by atoms with Gasteiger partial charge in [0.25, 0.3) is 0 Å². The van der Waals surface area contributed by atoms with Gasteiger partial charge in [-0.2, -0.15) is 0 Å². The first-order chi connectivity index (χ1) is 12.2. The van der Waals surface area contributed by atoms with Crippen LogP contribution in [0.1, 0.15) is 16.7 Å². The molecule has 3 aromatic rings. The second kappa shape index (κ2) is 6.65. The third-order valence-corrected chi connectivity index (χ3v) is 5.41. The zero-order valence-electron chi connectivity index (χ0n) is 14.0. The number of carbonyl (C=O) groups is 1. The van der Waals surface area contributed by atoms with E-state index < -0.39 is 0 Å². The van der Waals surface area contributed by atoms with Crippen LogP contribution in [0.2, 0.25) is 0 Å². The van der Waals surface area contributed by atoms with Gasteiger partial charge in [-0.05, 0) is 46.7 Å². The number of hydrogen-bond donors (Lipinski definition) is 1. The van der Waals surface area contributed by atoms with E-state index in [9.17, 15) is 4.79 Å². The van der Waals surface area contributed by atoms with Crippen molar-refractivity contribution >= 4 is 32.8 Å². The Kier molecular flexibility index (Phi) is 4.36. The molecule has 1 N–H and O–H groups in total. The Bertz CT molecular complexity index is 934. The van der Waals surface area contributed by atoms with Crippen LogP contribution in [0.3, 0.4) is 0 Å². The average Bonchev–Trinajstić information content (AvgIpc) is 3.10. The highest BCUT2D eigenvalue weighted by molar-refractivity contribution is 9.10. The second-order valence-corrected chi connectivity index (χ2v) is 7.34. The molecule has 0 bridgehead atoms. The summed E-state index contributed by atoms with van der Waals surface area (Å²) in [7, 11) is 1.46. The van der Waals surface area contributed by atoms with E-state index in [1.807, 2.05) is 12.3 Å². The van der Waals surface area contributed by atoms with E-state index in [0.29, 0.717) is 13.0 Å². The van der Waals surface area contributed by atoms with Crippen LogP contribution in [-0.2, 0) is 29.0 Å². The minimum atomic E-state index is -0.260. The summed E-state index contributed by atoms with van der Waals surface area (Å²) in [5.41, 5.74) is 4.79. The van der Waals surface area contributed by atoms with Crippen molar-refractivity contribution in [2.45, 2.75) is 25.6 Å². The molecule has 4 nitrogen and oxygen atoms in total. The van der Waals surface area contributed by atoms with E-state index in [1.165, 1.54) is 29.2 Å². The summed E-state index contributed by atoms with van der Waals surface area (Å²) in [6.07, 6.45) is 2.63. The largest absolute Gasteiger partial charge is 0.468 e. The standard InChI is InChI=1S/C20H19BrN2O2/c1-25-20(24)18-10-14-5-6-17(21)9-16(14)12-23(18)11-15-4-2-3-13-7-8-22-19(13)15/h2-9,18,22H,10-12H2,1H3. The van der Waals surface area contributed by atoms with Gasteiger partial charge in [0, 0.05) is 29.3 Å². The van der Waals surface area contributed by atoms with Crippen LogP contribution in [0, 0.1) is 0 Å². The molecule has 0 spiro atoms. The fourth-order valence-electron chi connectivity index (χ4n) is 3.64. The van der Waals surface area contributed by atoms with E-state index in [0.717, 1.165) is 16.5 Å². The number of halogens is 1. The summed E-state index contributed by atoms with van der Waals surface area (Å²) >= 11 is 3.55. The SMILES string of the molecule is COC(=O)C1Cc2ccc(Br)cc2CN1Cc1cccc2cc[nH]c12. The lowest BCUT2D eigenvalue weighted by Gasteiger charge is -2.35. The van der Waals surface area contributed by atoms with E-state index in [2.05, 4.69) is 62.2 Å². The number of ether oxygens (including phenoxy) is 1. The fourth-order valence-corrected chi connectivity index (χ4v) is 4.05. The number of para-hydroxylation sites is 1. The van der Waals surface area contributed by atoms with Crippen molar-refractivity contribution in [1.29, 1.82) is 0 Å². The lowest BCUT2D eigenvalue weighted by molar-refractivity contribution is -0.147. The van der Waals surface area contributed by atoms with Gasteiger partial charge < -0.3 is 9.72 Å². The number of hydrogen-bond acceptors (Lipinski definition) is 3. The summed E-state index contributed by atoms with van der Waals surface area (Å²) in [6.45, 7) is 1.43. The lowest BCUT2D eigenvalue weighted by Crippen LogP contribution is -2.45. The highest BCUT2D eigenvalue weighted by Gasteiger charge is 2.32. The molecule has 1 aliphatic rings. The van der Waals surface area contributed by atoms with Crippen LogP contribution in [0.15, 0.2) is 53.1 Å². The van der Waals surface area contributed by atoms with Gasteiger partial charge in [0.15, 0.2) is 0 Å². The zero-order valence-corrected chi connectivity index (χ0v) is 15.5. The van der Waals surface area contributed by atoms with Gasteiger partial charge in [-0.3, -0.25) is 9.69 Å². The number of methoxy groups -OCH3 is 1. The van der Waals surface area contributed by atoms with Crippen LogP contribution in [0.5, 0.6) is 0 Å². The first-order valence-electron chi connectivity index (χ1n) is 8.30. The molecule has 1 atom stereocenters. The van der Waals surface area contributed by atoms with Gasteiger partial charge in [0.2, 0.25) is 0 Å². The molecule has 0 saturated heterocycles. The number of carbonyl (C=O) groups excluding carboxylic acids is 1. The van der Waals surface area contributed by atoms with Gasteiger partial charge in [-0.25, -0.2) is 0 Å². The summed E-state index contributed by atoms with van der Waals surface area (Å²) in [5, 5.41) is 1.19. The molecule has 0 aliphatic carbocycles. The zero-order chi connectivity index (χ0) is 17.4. The molecule has 1 aliphatic heterocycles. The Morgan fingerprint density at radius 3 is 3.00 bits per heavy atom. The van der Waals surface area contributed by atoms with Crippen molar-refractivity contribution in [3.8, 4) is 0 Å². The smallest absolute Gasteiger partial charge is 0.323 e. The third-order valence-electron chi connectivity index (χ3n) is 4.92. The Morgan fingerprint density at radius 2 is 2.16 bits per heavy atom. The number of aromatic nitrogens is 1. The summed E-state index contributed by atoms with van der Waals surface area (Å²) in [4.78, 5) is 17.9. The van der Waals surface area contributed by atoms with Crippen molar-refractivity contribution in [2.75, 3.05) is 7.11 Å². The molecule has 5 heteroatoms. The van der Waals surface area contributed by atoms with Gasteiger partial charge in [0.05, 0.1) is 7.11 Å². The van der Waals surface area contributed by atoms with E-state index >= 15 is 0 Å². The Labute approximate surface area is 154 Å². The Balaban J connectivity index is 1.70. The normalized spacial score (nSPS) is 17.4. The molecular formula is C20H19BrN2O2. The van der Waals surface area contributed by atoms with Crippen LogP contribution in [0.4, 0.5) is 0 Å². The number of rotatable bonds is 3. The summed E-state index contributed by atoms with van der Waals surface area (Å²) in [6, 6.07) is 14.3. The first kappa shape index (κ1) is 16.4. The Morgan fingerprint density at radius 1 is 1.28 bits per heavy atom. The maximum atomic E-state index is 12.4. The topological polar surface area (TPSA) is 45.3 Å². The molecule has 0 radical (unpaired) electrons. The number of aromatic amines is 1. The van der Waals surface area contributed by atoms with E-state index in [4.69, 9.17) is 4.74 Å². The lowest BCUT2D eigenvalue weighted by atomic mass is 9.93. The Hall–Kier alpha value is -2.11. The molecule has 4 rings (SSSR count). The second-order valence-electron chi connectivity index (χ2n) is 6.42. The van der Waals surface area contributed by atoms with Gasteiger partial charge in [-0.15, -0.1) is 0 Å². The van der Waals surface area contributed by atoms with Crippen LogP contribution < -0.4 is 0 Å². The average molecular weight is 399 g/mol. The number of fused-ring (bicyclic) bond motifs is 2. The number of benzene rings is 2. The van der Waals surface area contributed by atoms with Crippen LogP contribution in [-0.4, -0.2) is 29.0 Å². The van der Waals surface area contributed by atoms with Crippen molar-refractivity contribution < 1.29 is 9.53 Å². The first-order valence-corrected chi connectivity index (χ1v) is 9.09. The third kappa shape index (κ3) is 3.10. The summed E-state index contributed by atoms with van der Waals surface area (Å²) < 4.78 is 6.14. The number of esters is 1. The van der Waals surface area contributed by atoms with Crippen molar-refractivity contribution in [1.82, 2.24) is 9.88 Å². The molecule has 1 unspecified atom stereocenters. The van der Waals surface area contributed by atoms with Crippen molar-refractivity contribution in [3.05, 3.63) is 69.8 Å². The quantitative estimate of drug-likeness (QED) is 0.677. The monoisotopic (exact) mass is 398 g/mol. The van der Waals surface area contributed by atoms with Gasteiger partial charge in [-0.1, -0.05) is 40.2 Å². The van der Waals surface area contributed by atoms with Gasteiger partial charge >= 0.3 is 5.97 Å². The number of nitrogens with one attached hydrogen (secondary N) is 1. The molecular weight excluding hydrogens is 380 g/mol.